The lowest BCUT2D eigenvalue weighted by atomic mass is 9.94. The molecule has 0 fully saturated rings. The maximum Gasteiger partial charge on any atom is 0.252 e. The largest absolute Gasteiger partial charge is 0.497 e. The standard InChI is InChI=1S/C17H22N6O2.HI/c1-25-13-4-2-3-12(8-13)22-17(19)20-9-11-5-6-23-15(7-11)14(10-21-23)16(18)24;/h2-4,8,10-11H,5-7,9H2,1H3,(H2,18,24)(H3,19,20,22);1H. The number of primary amides is 1. The van der Waals surface area contributed by atoms with Crippen LogP contribution >= 0.6 is 24.0 Å². The Kier molecular flexibility index (Phi) is 6.83. The van der Waals surface area contributed by atoms with E-state index >= 15 is 0 Å². The highest BCUT2D eigenvalue weighted by Crippen LogP contribution is 2.23. The van der Waals surface area contributed by atoms with Gasteiger partial charge >= 0.3 is 0 Å². The van der Waals surface area contributed by atoms with Gasteiger partial charge in [-0.2, -0.15) is 5.10 Å². The number of aryl methyl sites for hydroxylation is 1. The highest BCUT2D eigenvalue weighted by molar-refractivity contribution is 14.0. The second-order valence-electron chi connectivity index (χ2n) is 6.03. The summed E-state index contributed by atoms with van der Waals surface area (Å²) in [7, 11) is 1.62. The molecule has 0 radical (unpaired) electrons. The number of carbonyl (C=O) groups is 1. The number of aliphatic imine (C=N–C) groups is 1. The van der Waals surface area contributed by atoms with Crippen molar-refractivity contribution in [2.75, 3.05) is 19.0 Å². The van der Waals surface area contributed by atoms with E-state index in [9.17, 15) is 4.79 Å². The van der Waals surface area contributed by atoms with E-state index in [4.69, 9.17) is 16.2 Å². The Labute approximate surface area is 169 Å². The van der Waals surface area contributed by atoms with Crippen molar-refractivity contribution in [2.24, 2.45) is 22.4 Å². The molecule has 140 valence electrons. The molecule has 8 nitrogen and oxygen atoms in total. The summed E-state index contributed by atoms with van der Waals surface area (Å²) < 4.78 is 7.03. The van der Waals surface area contributed by atoms with Gasteiger partial charge in [-0.1, -0.05) is 6.07 Å². The van der Waals surface area contributed by atoms with Crippen LogP contribution in [0.5, 0.6) is 5.75 Å². The SMILES string of the molecule is COc1cccc(NC(N)=NCC2CCn3ncc(C(N)=O)c3C2)c1.I. The molecule has 9 heteroatoms. The summed E-state index contributed by atoms with van der Waals surface area (Å²) in [5.41, 5.74) is 13.6. The second kappa shape index (κ2) is 8.88. The van der Waals surface area contributed by atoms with E-state index in [1.165, 1.54) is 0 Å². The molecule has 0 aliphatic carbocycles. The van der Waals surface area contributed by atoms with Gasteiger partial charge in [0.1, 0.15) is 5.75 Å². The van der Waals surface area contributed by atoms with E-state index in [1.54, 1.807) is 13.3 Å². The molecule has 0 bridgehead atoms. The first kappa shape index (κ1) is 20.0. The van der Waals surface area contributed by atoms with E-state index in [2.05, 4.69) is 15.4 Å². The van der Waals surface area contributed by atoms with Crippen LogP contribution in [0, 0.1) is 5.92 Å². The number of guanidine groups is 1. The molecule has 26 heavy (non-hydrogen) atoms. The van der Waals surface area contributed by atoms with Crippen molar-refractivity contribution < 1.29 is 9.53 Å². The first-order valence-electron chi connectivity index (χ1n) is 8.12. The molecule has 5 N–H and O–H groups in total. The first-order valence-corrected chi connectivity index (χ1v) is 8.12. The first-order chi connectivity index (χ1) is 12.1. The number of carbonyl (C=O) groups excluding carboxylic acids is 1. The van der Waals surface area contributed by atoms with E-state index in [0.717, 1.165) is 30.1 Å². The molecule has 1 aliphatic rings. The van der Waals surface area contributed by atoms with Crippen LogP contribution in [-0.2, 0) is 13.0 Å². The van der Waals surface area contributed by atoms with Crippen LogP contribution < -0.4 is 21.5 Å². The van der Waals surface area contributed by atoms with Crippen LogP contribution in [0.1, 0.15) is 22.5 Å². The number of nitrogens with two attached hydrogens (primary N) is 2. The fourth-order valence-electron chi connectivity index (χ4n) is 2.98. The van der Waals surface area contributed by atoms with Gasteiger partial charge in [0.15, 0.2) is 5.96 Å². The summed E-state index contributed by atoms with van der Waals surface area (Å²) in [4.78, 5) is 15.9. The number of amides is 1. The number of aromatic nitrogens is 2. The zero-order chi connectivity index (χ0) is 17.8. The molecule has 2 heterocycles. The molecule has 1 amide bonds. The Balaban J connectivity index is 0.00000243. The molecule has 1 aromatic carbocycles. The number of methoxy groups -OCH3 is 1. The minimum Gasteiger partial charge on any atom is -0.497 e. The molecular formula is C17H23IN6O2. The van der Waals surface area contributed by atoms with Gasteiger partial charge in [0, 0.05) is 24.8 Å². The fourth-order valence-corrected chi connectivity index (χ4v) is 2.98. The number of nitrogens with one attached hydrogen (secondary N) is 1. The van der Waals surface area contributed by atoms with Crippen molar-refractivity contribution in [1.82, 2.24) is 9.78 Å². The molecule has 1 aliphatic heterocycles. The number of nitrogens with zero attached hydrogens (tertiary/aromatic N) is 3. The minimum absolute atomic E-state index is 0. The zero-order valence-electron chi connectivity index (χ0n) is 14.5. The molecule has 3 rings (SSSR count). The smallest absolute Gasteiger partial charge is 0.252 e. The molecule has 0 saturated heterocycles. The summed E-state index contributed by atoms with van der Waals surface area (Å²) in [6.45, 7) is 1.33. The summed E-state index contributed by atoms with van der Waals surface area (Å²) in [6.07, 6.45) is 3.19. The summed E-state index contributed by atoms with van der Waals surface area (Å²) in [5, 5.41) is 7.27. The van der Waals surface area contributed by atoms with E-state index in [-0.39, 0.29) is 24.0 Å². The third kappa shape index (κ3) is 4.65. The second-order valence-corrected chi connectivity index (χ2v) is 6.03. The van der Waals surface area contributed by atoms with Crippen molar-refractivity contribution in [3.05, 3.63) is 41.7 Å². The predicted octanol–water partition coefficient (Wildman–Crippen LogP) is 1.60. The van der Waals surface area contributed by atoms with Crippen molar-refractivity contribution in [3.8, 4) is 5.75 Å². The number of anilines is 1. The number of hydrogen-bond donors (Lipinski definition) is 3. The molecule has 0 saturated carbocycles. The third-order valence-corrected chi connectivity index (χ3v) is 4.31. The van der Waals surface area contributed by atoms with Gasteiger partial charge in [0.05, 0.1) is 24.6 Å². The van der Waals surface area contributed by atoms with Crippen molar-refractivity contribution in [1.29, 1.82) is 0 Å². The van der Waals surface area contributed by atoms with Crippen LogP contribution in [0.4, 0.5) is 5.69 Å². The maximum absolute atomic E-state index is 11.5. The van der Waals surface area contributed by atoms with Gasteiger partial charge in [0.25, 0.3) is 5.91 Å². The molecule has 1 atom stereocenters. The van der Waals surface area contributed by atoms with Gasteiger partial charge in [-0.25, -0.2) is 0 Å². The quantitative estimate of drug-likeness (QED) is 0.348. The summed E-state index contributed by atoms with van der Waals surface area (Å²) in [6, 6.07) is 7.48. The van der Waals surface area contributed by atoms with Crippen LogP contribution in [0.2, 0.25) is 0 Å². The number of halogens is 1. The molecule has 2 aromatic rings. The number of fused-ring (bicyclic) bond motifs is 1. The van der Waals surface area contributed by atoms with Gasteiger partial charge < -0.3 is 21.5 Å². The lowest BCUT2D eigenvalue weighted by Gasteiger charge is -2.22. The van der Waals surface area contributed by atoms with Gasteiger partial charge in [-0.05, 0) is 30.9 Å². The number of rotatable bonds is 5. The highest BCUT2D eigenvalue weighted by Gasteiger charge is 2.24. The average molecular weight is 470 g/mol. The van der Waals surface area contributed by atoms with Crippen molar-refractivity contribution in [2.45, 2.75) is 19.4 Å². The van der Waals surface area contributed by atoms with Crippen LogP contribution in [-0.4, -0.2) is 35.3 Å². The van der Waals surface area contributed by atoms with Crippen LogP contribution in [0.15, 0.2) is 35.5 Å². The topological polar surface area (TPSA) is 121 Å². The number of ether oxygens (including phenoxy) is 1. The average Bonchev–Trinajstić information content (AvgIpc) is 3.03. The monoisotopic (exact) mass is 470 g/mol. The highest BCUT2D eigenvalue weighted by atomic mass is 127. The Morgan fingerprint density at radius 1 is 1.46 bits per heavy atom. The summed E-state index contributed by atoms with van der Waals surface area (Å²) >= 11 is 0. The van der Waals surface area contributed by atoms with Gasteiger partial charge in [0.2, 0.25) is 0 Å². The van der Waals surface area contributed by atoms with E-state index in [1.807, 2.05) is 28.9 Å². The van der Waals surface area contributed by atoms with Gasteiger partial charge in [-0.3, -0.25) is 14.5 Å². The van der Waals surface area contributed by atoms with Gasteiger partial charge in [-0.15, -0.1) is 24.0 Å². The number of benzene rings is 1. The normalized spacial score (nSPS) is 16.3. The lowest BCUT2D eigenvalue weighted by Crippen LogP contribution is -2.27. The Bertz CT molecular complexity index is 804. The Morgan fingerprint density at radius 3 is 3.00 bits per heavy atom. The molecule has 1 aromatic heterocycles. The van der Waals surface area contributed by atoms with Crippen molar-refractivity contribution in [3.63, 3.8) is 0 Å². The maximum atomic E-state index is 11.5. The third-order valence-electron chi connectivity index (χ3n) is 4.31. The minimum atomic E-state index is -0.440. The van der Waals surface area contributed by atoms with Crippen LogP contribution in [0.25, 0.3) is 0 Å². The molecular weight excluding hydrogens is 447 g/mol. The number of hydrogen-bond acceptors (Lipinski definition) is 4. The Hall–Kier alpha value is -2.30. The predicted molar refractivity (Wildman–Crippen MR) is 111 cm³/mol. The van der Waals surface area contributed by atoms with Crippen molar-refractivity contribution >= 4 is 41.5 Å². The fraction of sp³-hybridized carbons (Fsp3) is 0.353. The van der Waals surface area contributed by atoms with E-state index < -0.39 is 5.91 Å². The lowest BCUT2D eigenvalue weighted by molar-refractivity contribution is 0.0998. The zero-order valence-corrected chi connectivity index (χ0v) is 16.8. The Morgan fingerprint density at radius 2 is 2.27 bits per heavy atom. The molecule has 1 unspecified atom stereocenters. The summed E-state index contributed by atoms with van der Waals surface area (Å²) in [5.74, 6) is 0.956. The molecule has 0 spiro atoms. The van der Waals surface area contributed by atoms with E-state index in [0.29, 0.717) is 30.4 Å². The van der Waals surface area contributed by atoms with Crippen LogP contribution in [0.3, 0.4) is 0 Å².